The first-order valence-corrected chi connectivity index (χ1v) is 15.4. The summed E-state index contributed by atoms with van der Waals surface area (Å²) in [6.45, 7) is 0. The van der Waals surface area contributed by atoms with E-state index in [1.807, 2.05) is 0 Å². The van der Waals surface area contributed by atoms with Crippen LogP contribution in [0.25, 0.3) is 0 Å². The van der Waals surface area contributed by atoms with Crippen LogP contribution >= 0.6 is 0 Å². The normalized spacial score (nSPS) is 11.2. The minimum absolute atomic E-state index is 0.0393. The van der Waals surface area contributed by atoms with Gasteiger partial charge in [-0.25, -0.2) is 4.79 Å². The van der Waals surface area contributed by atoms with Crippen molar-refractivity contribution in [2.24, 2.45) is 0 Å². The lowest BCUT2D eigenvalue weighted by Crippen LogP contribution is -2.20. The number of amides is 2. The standard InChI is InChI=1S/C29H28N2O11S2/c1-37-25-14-12-21(17-27(25)39-3)43(33,34)41-20-9-7-8-19(16-20)30-29(32)31-23-10-5-6-11-24(23)42-44(35,36)22-13-15-26(38-2)28(18-22)40-4/h5-18H,1-4H3,(H2,30,31,32). The van der Waals surface area contributed by atoms with E-state index in [9.17, 15) is 21.6 Å². The smallest absolute Gasteiger partial charge is 0.339 e. The van der Waals surface area contributed by atoms with Crippen LogP contribution in [0.1, 0.15) is 0 Å². The van der Waals surface area contributed by atoms with Crippen molar-refractivity contribution in [1.82, 2.24) is 0 Å². The van der Waals surface area contributed by atoms with E-state index in [2.05, 4.69) is 10.6 Å². The minimum Gasteiger partial charge on any atom is -0.493 e. The second kappa shape index (κ2) is 13.4. The van der Waals surface area contributed by atoms with Crippen molar-refractivity contribution < 1.29 is 48.9 Å². The first-order valence-electron chi connectivity index (χ1n) is 12.6. The fraction of sp³-hybridized carbons (Fsp3) is 0.138. The van der Waals surface area contributed by atoms with E-state index in [0.29, 0.717) is 11.5 Å². The first-order chi connectivity index (χ1) is 21.0. The van der Waals surface area contributed by atoms with Gasteiger partial charge in [0.1, 0.15) is 15.5 Å². The van der Waals surface area contributed by atoms with Gasteiger partial charge in [-0.15, -0.1) is 0 Å². The minimum atomic E-state index is -4.34. The third-order valence-electron chi connectivity index (χ3n) is 5.92. The second-order valence-corrected chi connectivity index (χ2v) is 11.8. The Bertz CT molecular complexity index is 1880. The topological polar surface area (TPSA) is 165 Å². The molecule has 0 atom stereocenters. The number of hydrogen-bond acceptors (Lipinski definition) is 11. The third-order valence-corrected chi connectivity index (χ3v) is 8.39. The predicted molar refractivity (Wildman–Crippen MR) is 160 cm³/mol. The van der Waals surface area contributed by atoms with Gasteiger partial charge in [-0.3, -0.25) is 0 Å². The number of para-hydroxylation sites is 2. The van der Waals surface area contributed by atoms with Crippen molar-refractivity contribution in [3.8, 4) is 34.5 Å². The number of methoxy groups -OCH3 is 4. The van der Waals surface area contributed by atoms with Crippen LogP contribution in [-0.2, 0) is 20.2 Å². The van der Waals surface area contributed by atoms with Crippen molar-refractivity contribution in [2.45, 2.75) is 9.79 Å². The molecular weight excluding hydrogens is 616 g/mol. The molecule has 15 heteroatoms. The van der Waals surface area contributed by atoms with Crippen LogP contribution in [0.3, 0.4) is 0 Å². The summed E-state index contributed by atoms with van der Waals surface area (Å²) in [7, 11) is -3.03. The maximum atomic E-state index is 13.0. The van der Waals surface area contributed by atoms with E-state index in [1.54, 1.807) is 6.07 Å². The summed E-state index contributed by atoms with van der Waals surface area (Å²) in [4.78, 5) is 12.5. The summed E-state index contributed by atoms with van der Waals surface area (Å²) in [6, 6.07) is 18.7. The summed E-state index contributed by atoms with van der Waals surface area (Å²) >= 11 is 0. The Morgan fingerprint density at radius 1 is 0.545 bits per heavy atom. The lowest BCUT2D eigenvalue weighted by Gasteiger charge is -2.14. The van der Waals surface area contributed by atoms with Crippen LogP contribution in [0.15, 0.2) is 94.7 Å². The molecule has 13 nitrogen and oxygen atoms in total. The van der Waals surface area contributed by atoms with Gasteiger partial charge in [0.2, 0.25) is 0 Å². The number of anilines is 2. The molecule has 232 valence electrons. The van der Waals surface area contributed by atoms with Gasteiger partial charge in [0.25, 0.3) is 0 Å². The summed E-state index contributed by atoms with van der Waals surface area (Å²) in [5, 5.41) is 5.06. The Balaban J connectivity index is 1.47. The van der Waals surface area contributed by atoms with Crippen LogP contribution < -0.4 is 37.9 Å². The van der Waals surface area contributed by atoms with Gasteiger partial charge in [0.05, 0.1) is 34.1 Å². The molecule has 0 heterocycles. The molecule has 0 aliphatic rings. The monoisotopic (exact) mass is 644 g/mol. The van der Waals surface area contributed by atoms with Gasteiger partial charge in [-0.05, 0) is 48.5 Å². The number of ether oxygens (including phenoxy) is 4. The van der Waals surface area contributed by atoms with Crippen molar-refractivity contribution >= 4 is 37.6 Å². The molecule has 0 bridgehead atoms. The van der Waals surface area contributed by atoms with Gasteiger partial charge in [-0.1, -0.05) is 18.2 Å². The van der Waals surface area contributed by atoms with Crippen LogP contribution in [-0.4, -0.2) is 51.3 Å². The zero-order valence-corrected chi connectivity index (χ0v) is 25.5. The molecule has 44 heavy (non-hydrogen) atoms. The zero-order valence-electron chi connectivity index (χ0n) is 23.9. The number of nitrogens with one attached hydrogen (secondary N) is 2. The van der Waals surface area contributed by atoms with E-state index in [1.165, 1.54) is 107 Å². The Hall–Kier alpha value is -5.15. The van der Waals surface area contributed by atoms with E-state index >= 15 is 0 Å². The number of rotatable bonds is 12. The van der Waals surface area contributed by atoms with Gasteiger partial charge >= 0.3 is 26.3 Å². The number of carbonyl (C=O) groups excluding carboxylic acids is 1. The largest absolute Gasteiger partial charge is 0.493 e. The first kappa shape index (κ1) is 31.8. The van der Waals surface area contributed by atoms with Crippen molar-refractivity contribution in [3.63, 3.8) is 0 Å². The highest BCUT2D eigenvalue weighted by molar-refractivity contribution is 7.87. The molecule has 0 aliphatic heterocycles. The molecule has 2 amide bonds. The molecule has 0 saturated heterocycles. The van der Waals surface area contributed by atoms with Gasteiger partial charge < -0.3 is 37.9 Å². The molecule has 0 radical (unpaired) electrons. The van der Waals surface area contributed by atoms with Crippen LogP contribution in [0.4, 0.5) is 16.2 Å². The second-order valence-electron chi connectivity index (χ2n) is 8.71. The lowest BCUT2D eigenvalue weighted by atomic mass is 10.3. The van der Waals surface area contributed by atoms with Crippen LogP contribution in [0, 0.1) is 0 Å². The van der Waals surface area contributed by atoms with E-state index < -0.39 is 26.3 Å². The molecule has 4 aromatic carbocycles. The molecular formula is C29H28N2O11S2. The Morgan fingerprint density at radius 2 is 1.09 bits per heavy atom. The number of urea groups is 1. The summed E-state index contributed by atoms with van der Waals surface area (Å²) in [5.41, 5.74) is 0.219. The maximum absolute atomic E-state index is 13.0. The average Bonchev–Trinajstić information content (AvgIpc) is 3.01. The van der Waals surface area contributed by atoms with Crippen molar-refractivity contribution in [1.29, 1.82) is 0 Å². The maximum Gasteiger partial charge on any atom is 0.339 e. The summed E-state index contributed by atoms with van der Waals surface area (Å²) in [5.74, 6) is 0.820. The molecule has 0 fully saturated rings. The van der Waals surface area contributed by atoms with Crippen molar-refractivity contribution in [3.05, 3.63) is 84.9 Å². The fourth-order valence-electron chi connectivity index (χ4n) is 3.84. The average molecular weight is 645 g/mol. The number of benzene rings is 4. The van der Waals surface area contributed by atoms with E-state index in [0.717, 1.165) is 0 Å². The van der Waals surface area contributed by atoms with Gasteiger partial charge in [-0.2, -0.15) is 16.8 Å². The van der Waals surface area contributed by atoms with Crippen LogP contribution in [0.2, 0.25) is 0 Å². The summed E-state index contributed by atoms with van der Waals surface area (Å²) < 4.78 is 82.9. The van der Waals surface area contributed by atoms with E-state index in [-0.39, 0.29) is 44.2 Å². The number of hydrogen-bond donors (Lipinski definition) is 2. The zero-order chi connectivity index (χ0) is 31.9. The molecule has 0 saturated carbocycles. The van der Waals surface area contributed by atoms with E-state index in [4.69, 9.17) is 27.3 Å². The predicted octanol–water partition coefficient (Wildman–Crippen LogP) is 4.90. The Morgan fingerprint density at radius 3 is 1.66 bits per heavy atom. The molecule has 0 aromatic heterocycles. The summed E-state index contributed by atoms with van der Waals surface area (Å²) in [6.07, 6.45) is 0. The fourth-order valence-corrected chi connectivity index (χ4v) is 5.74. The van der Waals surface area contributed by atoms with Gasteiger partial charge in [0.15, 0.2) is 28.7 Å². The molecule has 4 aromatic rings. The SMILES string of the molecule is COc1ccc(S(=O)(=O)Oc2cccc(NC(=O)Nc3ccccc3OS(=O)(=O)c3ccc(OC)c(OC)c3)c2)cc1OC. The lowest BCUT2D eigenvalue weighted by molar-refractivity contribution is 0.262. The molecule has 2 N–H and O–H groups in total. The van der Waals surface area contributed by atoms with Crippen molar-refractivity contribution in [2.75, 3.05) is 39.1 Å². The molecule has 0 unspecified atom stereocenters. The Labute approximate surface area is 254 Å². The molecule has 0 aliphatic carbocycles. The quantitative estimate of drug-likeness (QED) is 0.202. The van der Waals surface area contributed by atoms with Gasteiger partial charge in [0, 0.05) is 23.9 Å². The third kappa shape index (κ3) is 7.43. The van der Waals surface area contributed by atoms with Crippen LogP contribution in [0.5, 0.6) is 34.5 Å². The molecule has 0 spiro atoms. The Kier molecular flexibility index (Phi) is 9.70. The highest BCUT2D eigenvalue weighted by Crippen LogP contribution is 2.33. The highest BCUT2D eigenvalue weighted by atomic mass is 32.2. The number of carbonyl (C=O) groups is 1. The molecule has 4 rings (SSSR count). The highest BCUT2D eigenvalue weighted by Gasteiger charge is 2.22.